The van der Waals surface area contributed by atoms with Crippen molar-refractivity contribution in [1.82, 2.24) is 9.29 Å². The highest BCUT2D eigenvalue weighted by Crippen LogP contribution is 2.20. The van der Waals surface area contributed by atoms with E-state index in [-0.39, 0.29) is 0 Å². The minimum atomic E-state index is -3.52. The number of rotatable bonds is 3. The molecule has 6 nitrogen and oxygen atoms in total. The molecule has 1 atom stereocenters. The Hall–Kier alpha value is -1.34. The van der Waals surface area contributed by atoms with Gasteiger partial charge in [0.2, 0.25) is 0 Å². The van der Waals surface area contributed by atoms with Crippen LogP contribution in [0, 0.1) is 12.8 Å². The molecular formula is C12H20N4O2S. The van der Waals surface area contributed by atoms with Crippen LogP contribution in [0.5, 0.6) is 0 Å². The minimum absolute atomic E-state index is 0.310. The van der Waals surface area contributed by atoms with Crippen LogP contribution in [0.15, 0.2) is 12.3 Å². The van der Waals surface area contributed by atoms with Gasteiger partial charge >= 0.3 is 10.2 Å². The van der Waals surface area contributed by atoms with E-state index in [4.69, 9.17) is 5.73 Å². The summed E-state index contributed by atoms with van der Waals surface area (Å²) in [5.74, 6) is 0.705. The van der Waals surface area contributed by atoms with E-state index in [2.05, 4.69) is 16.6 Å². The first-order valence-corrected chi connectivity index (χ1v) is 7.82. The van der Waals surface area contributed by atoms with Crippen LogP contribution < -0.4 is 10.5 Å². The van der Waals surface area contributed by atoms with E-state index in [0.29, 0.717) is 30.5 Å². The number of nitrogens with one attached hydrogen (secondary N) is 1. The summed E-state index contributed by atoms with van der Waals surface area (Å²) in [5.41, 5.74) is 7.02. The Morgan fingerprint density at radius 3 is 2.89 bits per heavy atom. The first kappa shape index (κ1) is 14.1. The summed E-state index contributed by atoms with van der Waals surface area (Å²) in [6.45, 7) is 5.00. The van der Waals surface area contributed by atoms with E-state index in [1.54, 1.807) is 6.07 Å². The second-order valence-corrected chi connectivity index (χ2v) is 6.81. The van der Waals surface area contributed by atoms with Gasteiger partial charge < -0.3 is 5.73 Å². The third kappa shape index (κ3) is 3.36. The van der Waals surface area contributed by atoms with Crippen LogP contribution in [0.1, 0.15) is 25.3 Å². The van der Waals surface area contributed by atoms with Crippen LogP contribution in [0.3, 0.4) is 0 Å². The molecule has 1 saturated heterocycles. The lowest BCUT2D eigenvalue weighted by Crippen LogP contribution is -2.42. The predicted octanol–water partition coefficient (Wildman–Crippen LogP) is 1.36. The zero-order valence-electron chi connectivity index (χ0n) is 11.3. The Bertz CT molecular complexity index is 559. The standard InChI is InChI=1S/C12H20N4O2S/c1-9-4-3-5-16(8-9)19(17,18)15-12-6-10(2)11(13)7-14-12/h6-7,9H,3-5,8,13H2,1-2H3,(H,14,15). The summed E-state index contributed by atoms with van der Waals surface area (Å²) < 4.78 is 28.5. The topological polar surface area (TPSA) is 88.3 Å². The number of piperidine rings is 1. The zero-order chi connectivity index (χ0) is 14.0. The van der Waals surface area contributed by atoms with E-state index >= 15 is 0 Å². The number of anilines is 2. The SMILES string of the molecule is Cc1cc(NS(=O)(=O)N2CCCC(C)C2)ncc1N. The fraction of sp³-hybridized carbons (Fsp3) is 0.583. The minimum Gasteiger partial charge on any atom is -0.397 e. The van der Waals surface area contributed by atoms with E-state index in [1.165, 1.54) is 10.5 Å². The zero-order valence-corrected chi connectivity index (χ0v) is 12.1. The number of nitrogens with zero attached hydrogens (tertiary/aromatic N) is 2. The van der Waals surface area contributed by atoms with E-state index < -0.39 is 10.2 Å². The fourth-order valence-electron chi connectivity index (χ4n) is 2.18. The molecule has 1 aromatic heterocycles. The Morgan fingerprint density at radius 2 is 2.26 bits per heavy atom. The summed E-state index contributed by atoms with van der Waals surface area (Å²) in [6.07, 6.45) is 3.44. The van der Waals surface area contributed by atoms with Crippen LogP contribution in [-0.4, -0.2) is 30.8 Å². The van der Waals surface area contributed by atoms with Gasteiger partial charge in [0.05, 0.1) is 11.9 Å². The van der Waals surface area contributed by atoms with Crippen LogP contribution in [0.25, 0.3) is 0 Å². The molecule has 1 aromatic rings. The molecule has 0 saturated carbocycles. The van der Waals surface area contributed by atoms with Crippen molar-refractivity contribution in [2.45, 2.75) is 26.7 Å². The Balaban J connectivity index is 2.14. The summed E-state index contributed by atoms with van der Waals surface area (Å²) in [4.78, 5) is 4.00. The Kier molecular flexibility index (Phi) is 3.96. The molecule has 3 N–H and O–H groups in total. The van der Waals surface area contributed by atoms with Crippen molar-refractivity contribution in [2.24, 2.45) is 5.92 Å². The van der Waals surface area contributed by atoms with Crippen molar-refractivity contribution in [3.63, 3.8) is 0 Å². The van der Waals surface area contributed by atoms with Gasteiger partial charge in [0.1, 0.15) is 5.82 Å². The van der Waals surface area contributed by atoms with Crippen molar-refractivity contribution < 1.29 is 8.42 Å². The number of nitrogens with two attached hydrogens (primary N) is 1. The molecule has 7 heteroatoms. The summed E-state index contributed by atoms with van der Waals surface area (Å²) in [7, 11) is -3.52. The largest absolute Gasteiger partial charge is 0.397 e. The summed E-state index contributed by atoms with van der Waals surface area (Å²) >= 11 is 0. The monoisotopic (exact) mass is 284 g/mol. The van der Waals surface area contributed by atoms with Crippen molar-refractivity contribution in [3.8, 4) is 0 Å². The molecule has 2 heterocycles. The maximum atomic E-state index is 12.2. The summed E-state index contributed by atoms with van der Waals surface area (Å²) in [5, 5.41) is 0. The van der Waals surface area contributed by atoms with E-state index in [0.717, 1.165) is 18.4 Å². The molecule has 1 fully saturated rings. The van der Waals surface area contributed by atoms with Gasteiger partial charge in [-0.15, -0.1) is 0 Å². The highest BCUT2D eigenvalue weighted by atomic mass is 32.2. The molecule has 2 rings (SSSR count). The van der Waals surface area contributed by atoms with Crippen LogP contribution in [-0.2, 0) is 10.2 Å². The number of hydrogen-bond acceptors (Lipinski definition) is 4. The van der Waals surface area contributed by atoms with Gasteiger partial charge in [0, 0.05) is 13.1 Å². The average Bonchev–Trinajstić information content (AvgIpc) is 2.33. The van der Waals surface area contributed by atoms with Gasteiger partial charge in [-0.3, -0.25) is 4.72 Å². The molecule has 0 spiro atoms. The van der Waals surface area contributed by atoms with E-state index in [9.17, 15) is 8.42 Å². The Morgan fingerprint density at radius 1 is 1.53 bits per heavy atom. The number of aryl methyl sites for hydroxylation is 1. The average molecular weight is 284 g/mol. The van der Waals surface area contributed by atoms with Crippen molar-refractivity contribution in [3.05, 3.63) is 17.8 Å². The maximum absolute atomic E-state index is 12.2. The maximum Gasteiger partial charge on any atom is 0.302 e. The first-order valence-electron chi connectivity index (χ1n) is 6.38. The molecule has 0 radical (unpaired) electrons. The van der Waals surface area contributed by atoms with Gasteiger partial charge in [0.15, 0.2) is 0 Å². The second-order valence-electron chi connectivity index (χ2n) is 5.14. The lowest BCUT2D eigenvalue weighted by atomic mass is 10.0. The van der Waals surface area contributed by atoms with Gasteiger partial charge in [-0.1, -0.05) is 6.92 Å². The molecule has 0 amide bonds. The van der Waals surface area contributed by atoms with E-state index in [1.807, 2.05) is 6.92 Å². The Labute approximate surface area is 114 Å². The van der Waals surface area contributed by atoms with Crippen molar-refractivity contribution in [2.75, 3.05) is 23.5 Å². The number of aromatic nitrogens is 1. The molecule has 106 valence electrons. The van der Waals surface area contributed by atoms with Gasteiger partial charge in [-0.2, -0.15) is 12.7 Å². The molecule has 19 heavy (non-hydrogen) atoms. The van der Waals surface area contributed by atoms with Gasteiger partial charge in [-0.25, -0.2) is 4.98 Å². The smallest absolute Gasteiger partial charge is 0.302 e. The molecule has 1 aliphatic rings. The van der Waals surface area contributed by atoms with Crippen LogP contribution >= 0.6 is 0 Å². The van der Waals surface area contributed by atoms with Crippen molar-refractivity contribution >= 4 is 21.7 Å². The lowest BCUT2D eigenvalue weighted by molar-refractivity contribution is 0.282. The van der Waals surface area contributed by atoms with Crippen LogP contribution in [0.4, 0.5) is 11.5 Å². The molecule has 0 aliphatic carbocycles. The third-order valence-electron chi connectivity index (χ3n) is 3.34. The molecule has 1 unspecified atom stereocenters. The highest BCUT2D eigenvalue weighted by molar-refractivity contribution is 7.90. The molecule has 1 aliphatic heterocycles. The normalized spacial score (nSPS) is 21.3. The number of nitrogen functional groups attached to an aromatic ring is 1. The van der Waals surface area contributed by atoms with Crippen LogP contribution in [0.2, 0.25) is 0 Å². The fourth-order valence-corrected chi connectivity index (χ4v) is 3.51. The molecule has 0 aromatic carbocycles. The van der Waals surface area contributed by atoms with Gasteiger partial charge in [-0.05, 0) is 37.3 Å². The number of pyridine rings is 1. The summed E-state index contributed by atoms with van der Waals surface area (Å²) in [6, 6.07) is 1.64. The molecular weight excluding hydrogens is 264 g/mol. The molecule has 0 bridgehead atoms. The number of hydrogen-bond donors (Lipinski definition) is 2. The van der Waals surface area contributed by atoms with Crippen molar-refractivity contribution in [1.29, 1.82) is 0 Å². The highest BCUT2D eigenvalue weighted by Gasteiger charge is 2.27. The first-order chi connectivity index (χ1) is 8.88. The quantitative estimate of drug-likeness (QED) is 0.877. The third-order valence-corrected chi connectivity index (χ3v) is 4.82. The predicted molar refractivity (Wildman–Crippen MR) is 75.9 cm³/mol. The second kappa shape index (κ2) is 5.34. The van der Waals surface area contributed by atoms with Gasteiger partial charge in [0.25, 0.3) is 0 Å². The lowest BCUT2D eigenvalue weighted by Gasteiger charge is -2.29.